The van der Waals surface area contributed by atoms with E-state index in [4.69, 9.17) is 10.5 Å². The van der Waals surface area contributed by atoms with Crippen LogP contribution in [0.4, 0.5) is 9.18 Å². The summed E-state index contributed by atoms with van der Waals surface area (Å²) in [6.45, 7) is 6.13. The van der Waals surface area contributed by atoms with Gasteiger partial charge >= 0.3 is 6.09 Å². The Morgan fingerprint density at radius 3 is 2.56 bits per heavy atom. The fourth-order valence-electron chi connectivity index (χ4n) is 3.74. The molecule has 1 atom stereocenters. The van der Waals surface area contributed by atoms with E-state index in [-0.39, 0.29) is 11.2 Å². The average molecular weight is 341 g/mol. The number of aryl methyl sites for hydroxylation is 1. The molecule has 1 amide bonds. The summed E-state index contributed by atoms with van der Waals surface area (Å²) in [5, 5.41) is 0. The summed E-state index contributed by atoms with van der Waals surface area (Å²) in [7, 11) is 0. The van der Waals surface area contributed by atoms with Crippen molar-refractivity contribution in [2.45, 2.75) is 46.1 Å². The zero-order valence-corrected chi connectivity index (χ0v) is 14.9. The zero-order valence-electron chi connectivity index (χ0n) is 14.9. The molecule has 132 valence electrons. The minimum atomic E-state index is -0.832. The number of benzene rings is 2. The van der Waals surface area contributed by atoms with Crippen LogP contribution in [0.5, 0.6) is 0 Å². The molecule has 1 aliphatic rings. The highest BCUT2D eigenvalue weighted by molar-refractivity contribution is 5.68. The smallest absolute Gasteiger partial charge is 0.405 e. The van der Waals surface area contributed by atoms with Gasteiger partial charge < -0.3 is 10.5 Å². The topological polar surface area (TPSA) is 52.3 Å². The van der Waals surface area contributed by atoms with Crippen molar-refractivity contribution in [2.24, 2.45) is 11.1 Å². The first-order valence-corrected chi connectivity index (χ1v) is 8.69. The first-order valence-electron chi connectivity index (χ1n) is 8.69. The molecule has 25 heavy (non-hydrogen) atoms. The second kappa shape index (κ2) is 6.51. The Bertz CT molecular complexity index is 796. The lowest BCUT2D eigenvalue weighted by Gasteiger charge is -2.26. The molecule has 1 unspecified atom stereocenters. The minimum Gasteiger partial charge on any atom is -0.441 e. The van der Waals surface area contributed by atoms with Crippen molar-refractivity contribution in [1.29, 1.82) is 0 Å². The van der Waals surface area contributed by atoms with Gasteiger partial charge in [-0.15, -0.1) is 0 Å². The van der Waals surface area contributed by atoms with Crippen LogP contribution in [0.15, 0.2) is 36.4 Å². The van der Waals surface area contributed by atoms with Gasteiger partial charge in [-0.2, -0.15) is 0 Å². The van der Waals surface area contributed by atoms with Gasteiger partial charge in [-0.25, -0.2) is 9.18 Å². The fraction of sp³-hybridized carbons (Fsp3) is 0.381. The van der Waals surface area contributed by atoms with Gasteiger partial charge in [0.1, 0.15) is 11.9 Å². The van der Waals surface area contributed by atoms with Gasteiger partial charge in [-0.1, -0.05) is 51.5 Å². The normalized spacial score (nSPS) is 18.0. The molecular formula is C21H24FNO2. The monoisotopic (exact) mass is 341 g/mol. The molecule has 1 aliphatic carbocycles. The molecule has 0 aromatic heterocycles. The van der Waals surface area contributed by atoms with E-state index in [1.165, 1.54) is 11.6 Å². The van der Waals surface area contributed by atoms with Gasteiger partial charge in [0.15, 0.2) is 0 Å². The number of carbonyl (C=O) groups excluding carboxylic acids is 1. The van der Waals surface area contributed by atoms with E-state index in [9.17, 15) is 9.18 Å². The summed E-state index contributed by atoms with van der Waals surface area (Å²) < 4.78 is 20.0. The molecule has 2 N–H and O–H groups in total. The van der Waals surface area contributed by atoms with Crippen LogP contribution in [0.2, 0.25) is 0 Å². The number of carbonyl (C=O) groups is 1. The van der Waals surface area contributed by atoms with E-state index in [2.05, 4.69) is 19.1 Å². The van der Waals surface area contributed by atoms with Gasteiger partial charge in [0.05, 0.1) is 0 Å². The molecule has 4 heteroatoms. The Morgan fingerprint density at radius 2 is 1.96 bits per heavy atom. The Balaban J connectivity index is 1.99. The maximum Gasteiger partial charge on any atom is 0.405 e. The maximum absolute atomic E-state index is 14.8. The lowest BCUT2D eigenvalue weighted by atomic mass is 9.87. The maximum atomic E-state index is 14.8. The van der Waals surface area contributed by atoms with Crippen molar-refractivity contribution in [3.8, 4) is 11.1 Å². The summed E-state index contributed by atoms with van der Waals surface area (Å²) in [6.07, 6.45) is 1.47. The average Bonchev–Trinajstić information content (AvgIpc) is 2.78. The molecule has 0 saturated heterocycles. The lowest BCUT2D eigenvalue weighted by molar-refractivity contribution is 0.0391. The molecule has 3 rings (SSSR count). The summed E-state index contributed by atoms with van der Waals surface area (Å²) >= 11 is 0. The van der Waals surface area contributed by atoms with Crippen molar-refractivity contribution in [2.75, 3.05) is 0 Å². The van der Waals surface area contributed by atoms with Crippen molar-refractivity contribution in [3.05, 3.63) is 58.9 Å². The summed E-state index contributed by atoms with van der Waals surface area (Å²) in [5.41, 5.74) is 9.29. The first kappa shape index (κ1) is 17.5. The van der Waals surface area contributed by atoms with Crippen LogP contribution in [0.1, 0.15) is 50.0 Å². The third-order valence-electron chi connectivity index (χ3n) is 4.90. The molecular weight excluding hydrogens is 317 g/mol. The highest BCUT2D eigenvalue weighted by atomic mass is 19.1. The molecule has 0 radical (unpaired) electrons. The SMILES string of the molecule is CCCc1ccc(-c2cc3c(cc2F)C(OC(N)=O)C(C)(C)C3)cc1. The van der Waals surface area contributed by atoms with Gasteiger partial charge in [-0.05, 0) is 47.2 Å². The number of hydrogen-bond acceptors (Lipinski definition) is 2. The van der Waals surface area contributed by atoms with Crippen LogP contribution in [-0.4, -0.2) is 6.09 Å². The van der Waals surface area contributed by atoms with Gasteiger partial charge in [0.2, 0.25) is 0 Å². The number of hydrogen-bond donors (Lipinski definition) is 1. The van der Waals surface area contributed by atoms with Crippen LogP contribution >= 0.6 is 0 Å². The Labute approximate surface area is 148 Å². The van der Waals surface area contributed by atoms with Crippen molar-refractivity contribution in [1.82, 2.24) is 0 Å². The van der Waals surface area contributed by atoms with E-state index >= 15 is 0 Å². The molecule has 3 nitrogen and oxygen atoms in total. The van der Waals surface area contributed by atoms with Crippen molar-refractivity contribution >= 4 is 6.09 Å². The van der Waals surface area contributed by atoms with Gasteiger partial charge in [-0.3, -0.25) is 0 Å². The van der Waals surface area contributed by atoms with E-state index in [0.717, 1.165) is 24.0 Å². The van der Waals surface area contributed by atoms with Crippen molar-refractivity contribution in [3.63, 3.8) is 0 Å². The molecule has 2 aromatic carbocycles. The Hall–Kier alpha value is -2.36. The van der Waals surface area contributed by atoms with Crippen LogP contribution < -0.4 is 5.73 Å². The van der Waals surface area contributed by atoms with Crippen LogP contribution in [0.25, 0.3) is 11.1 Å². The van der Waals surface area contributed by atoms with E-state index in [1.54, 1.807) is 0 Å². The highest BCUT2D eigenvalue weighted by Crippen LogP contribution is 2.48. The Kier molecular flexibility index (Phi) is 4.55. The largest absolute Gasteiger partial charge is 0.441 e. The number of rotatable bonds is 4. The minimum absolute atomic E-state index is 0.308. The first-order chi connectivity index (χ1) is 11.8. The number of primary amides is 1. The molecule has 0 spiro atoms. The van der Waals surface area contributed by atoms with Gasteiger partial charge in [0.25, 0.3) is 0 Å². The number of fused-ring (bicyclic) bond motifs is 1. The molecule has 0 saturated carbocycles. The molecule has 2 aromatic rings. The summed E-state index contributed by atoms with van der Waals surface area (Å²) in [4.78, 5) is 11.2. The zero-order chi connectivity index (χ0) is 18.2. The van der Waals surface area contributed by atoms with Crippen LogP contribution in [0.3, 0.4) is 0 Å². The molecule has 0 aliphatic heterocycles. The number of nitrogens with two attached hydrogens (primary N) is 1. The second-order valence-corrected chi connectivity index (χ2v) is 7.46. The summed E-state index contributed by atoms with van der Waals surface area (Å²) in [5.74, 6) is -0.308. The van der Waals surface area contributed by atoms with E-state index in [0.29, 0.717) is 17.5 Å². The highest BCUT2D eigenvalue weighted by Gasteiger charge is 2.42. The van der Waals surface area contributed by atoms with Crippen LogP contribution in [0, 0.1) is 11.2 Å². The third kappa shape index (κ3) is 3.39. The quantitative estimate of drug-likeness (QED) is 0.834. The predicted octanol–water partition coefficient (Wildman–Crippen LogP) is 5.16. The van der Waals surface area contributed by atoms with E-state index < -0.39 is 12.2 Å². The summed E-state index contributed by atoms with van der Waals surface area (Å²) in [6, 6.07) is 11.4. The molecule has 0 heterocycles. The van der Waals surface area contributed by atoms with Crippen molar-refractivity contribution < 1.29 is 13.9 Å². The van der Waals surface area contributed by atoms with E-state index in [1.807, 2.05) is 32.0 Å². The lowest BCUT2D eigenvalue weighted by Crippen LogP contribution is -2.25. The second-order valence-electron chi connectivity index (χ2n) is 7.46. The number of amides is 1. The standard InChI is InChI=1S/C21H24FNO2/c1-4-5-13-6-8-14(9-7-13)16-10-15-12-21(2,3)19(25-20(23)24)17(15)11-18(16)22/h6-11,19H,4-5,12H2,1-3H3,(H2,23,24). The number of ether oxygens (including phenoxy) is 1. The molecule has 0 fully saturated rings. The fourth-order valence-corrected chi connectivity index (χ4v) is 3.74. The molecule has 0 bridgehead atoms. The Morgan fingerprint density at radius 1 is 1.28 bits per heavy atom. The van der Waals surface area contributed by atoms with Gasteiger partial charge in [0, 0.05) is 11.0 Å². The predicted molar refractivity (Wildman–Crippen MR) is 96.7 cm³/mol. The number of halogens is 1. The third-order valence-corrected chi connectivity index (χ3v) is 4.90. The van der Waals surface area contributed by atoms with Crippen LogP contribution in [-0.2, 0) is 17.6 Å².